The first-order valence-electron chi connectivity index (χ1n) is 9.94. The third-order valence-corrected chi connectivity index (χ3v) is 6.08. The quantitative estimate of drug-likeness (QED) is 0.510. The van der Waals surface area contributed by atoms with Gasteiger partial charge in [-0.25, -0.2) is 0 Å². The highest BCUT2D eigenvalue weighted by molar-refractivity contribution is 5.90. The van der Waals surface area contributed by atoms with E-state index in [0.717, 1.165) is 36.6 Å². The van der Waals surface area contributed by atoms with Crippen LogP contribution in [0, 0.1) is 11.8 Å². The van der Waals surface area contributed by atoms with E-state index >= 15 is 0 Å². The summed E-state index contributed by atoms with van der Waals surface area (Å²) in [5, 5.41) is 9.34. The van der Waals surface area contributed by atoms with Gasteiger partial charge in [0.15, 0.2) is 0 Å². The van der Waals surface area contributed by atoms with Crippen LogP contribution in [0.5, 0.6) is 0 Å². The van der Waals surface area contributed by atoms with Crippen LogP contribution < -0.4 is 16.0 Å². The zero-order valence-electron chi connectivity index (χ0n) is 16.4. The second-order valence-corrected chi connectivity index (χ2v) is 8.09. The first-order chi connectivity index (χ1) is 12.9. The van der Waals surface area contributed by atoms with Crippen molar-refractivity contribution in [3.8, 4) is 0 Å². The molecule has 0 aromatic carbocycles. The molecule has 0 bridgehead atoms. The maximum Gasteiger partial charge on any atom is 0.243 e. The summed E-state index contributed by atoms with van der Waals surface area (Å²) >= 11 is 0. The number of nitrogens with one attached hydrogen (secondary N) is 3. The molecule has 6 heteroatoms. The molecule has 6 nitrogen and oxygen atoms in total. The summed E-state index contributed by atoms with van der Waals surface area (Å²) < 4.78 is 0. The van der Waals surface area contributed by atoms with Gasteiger partial charge >= 0.3 is 0 Å². The SMILES string of the molecule is C=CC1CC1(NC(=O)[C@@H]1CCCN1C(=O)CNC(=C)CC1CC1)C(=C)NC. The van der Waals surface area contributed by atoms with Gasteiger partial charge in [-0.15, -0.1) is 6.58 Å². The molecule has 3 N–H and O–H groups in total. The van der Waals surface area contributed by atoms with Crippen molar-refractivity contribution in [2.75, 3.05) is 20.1 Å². The zero-order valence-corrected chi connectivity index (χ0v) is 16.4. The summed E-state index contributed by atoms with van der Waals surface area (Å²) in [5.74, 6) is 0.776. The van der Waals surface area contributed by atoms with Crippen LogP contribution in [0.4, 0.5) is 0 Å². The van der Waals surface area contributed by atoms with Crippen molar-refractivity contribution >= 4 is 11.8 Å². The van der Waals surface area contributed by atoms with Gasteiger partial charge in [-0.2, -0.15) is 0 Å². The van der Waals surface area contributed by atoms with Gasteiger partial charge in [-0.1, -0.05) is 19.2 Å². The lowest BCUT2D eigenvalue weighted by molar-refractivity contribution is -0.138. The van der Waals surface area contributed by atoms with Crippen LogP contribution in [0.2, 0.25) is 0 Å². The minimum absolute atomic E-state index is 0.0397. The molecule has 0 radical (unpaired) electrons. The number of allylic oxidation sites excluding steroid dienone is 1. The van der Waals surface area contributed by atoms with Crippen molar-refractivity contribution in [2.24, 2.45) is 11.8 Å². The third kappa shape index (κ3) is 4.20. The molecule has 3 atom stereocenters. The number of likely N-dealkylation sites (tertiary alicyclic amines) is 1. The van der Waals surface area contributed by atoms with Crippen molar-refractivity contribution < 1.29 is 9.59 Å². The highest BCUT2D eigenvalue weighted by atomic mass is 16.2. The average Bonchev–Trinajstić information content (AvgIpc) is 3.55. The van der Waals surface area contributed by atoms with Crippen LogP contribution in [-0.4, -0.2) is 48.4 Å². The van der Waals surface area contributed by atoms with Gasteiger partial charge in [0, 0.05) is 30.9 Å². The molecule has 2 amide bonds. The summed E-state index contributed by atoms with van der Waals surface area (Å²) in [6.45, 7) is 12.7. The lowest BCUT2D eigenvalue weighted by Crippen LogP contribution is -2.53. The molecular formula is C21H32N4O2. The highest BCUT2D eigenvalue weighted by Gasteiger charge is 2.56. The third-order valence-electron chi connectivity index (χ3n) is 6.08. The van der Waals surface area contributed by atoms with Crippen molar-refractivity contribution in [1.82, 2.24) is 20.9 Å². The predicted molar refractivity (Wildman–Crippen MR) is 107 cm³/mol. The maximum atomic E-state index is 12.9. The number of hydrogen-bond acceptors (Lipinski definition) is 4. The van der Waals surface area contributed by atoms with Crippen molar-refractivity contribution in [2.45, 2.75) is 50.1 Å². The Morgan fingerprint density at radius 2 is 2.00 bits per heavy atom. The number of carbonyl (C=O) groups is 2. The Morgan fingerprint density at radius 1 is 1.26 bits per heavy atom. The molecule has 0 aromatic rings. The van der Waals surface area contributed by atoms with E-state index in [1.807, 2.05) is 6.08 Å². The molecule has 3 fully saturated rings. The van der Waals surface area contributed by atoms with Gasteiger partial charge in [0.05, 0.1) is 12.1 Å². The summed E-state index contributed by atoms with van der Waals surface area (Å²) in [5.41, 5.74) is 1.23. The van der Waals surface area contributed by atoms with E-state index in [9.17, 15) is 9.59 Å². The lowest BCUT2D eigenvalue weighted by Gasteiger charge is -2.28. The molecule has 1 aliphatic heterocycles. The first kappa shape index (κ1) is 19.5. The predicted octanol–water partition coefficient (Wildman–Crippen LogP) is 1.67. The van der Waals surface area contributed by atoms with Gasteiger partial charge in [-0.3, -0.25) is 9.59 Å². The van der Waals surface area contributed by atoms with Crippen molar-refractivity contribution in [3.05, 3.63) is 37.2 Å². The summed E-state index contributed by atoms with van der Waals surface area (Å²) in [7, 11) is 1.81. The average molecular weight is 373 g/mol. The van der Waals surface area contributed by atoms with Crippen LogP contribution in [-0.2, 0) is 9.59 Å². The topological polar surface area (TPSA) is 73.5 Å². The van der Waals surface area contributed by atoms with Crippen molar-refractivity contribution in [3.63, 3.8) is 0 Å². The van der Waals surface area contributed by atoms with Crippen LogP contribution in [0.3, 0.4) is 0 Å². The number of carbonyl (C=O) groups excluding carboxylic acids is 2. The Bertz CT molecular complexity index is 655. The van der Waals surface area contributed by atoms with Crippen LogP contribution in [0.1, 0.15) is 38.5 Å². The Morgan fingerprint density at radius 3 is 2.59 bits per heavy atom. The largest absolute Gasteiger partial charge is 0.390 e. The number of amides is 2. The van der Waals surface area contributed by atoms with E-state index in [1.165, 1.54) is 12.8 Å². The highest BCUT2D eigenvalue weighted by Crippen LogP contribution is 2.48. The molecule has 148 valence electrons. The van der Waals surface area contributed by atoms with E-state index in [0.29, 0.717) is 13.0 Å². The van der Waals surface area contributed by atoms with E-state index in [-0.39, 0.29) is 24.3 Å². The smallest absolute Gasteiger partial charge is 0.243 e. The summed E-state index contributed by atoms with van der Waals surface area (Å²) in [6, 6.07) is -0.413. The molecule has 27 heavy (non-hydrogen) atoms. The second-order valence-electron chi connectivity index (χ2n) is 8.09. The van der Waals surface area contributed by atoms with E-state index in [4.69, 9.17) is 0 Å². The monoisotopic (exact) mass is 372 g/mol. The molecule has 1 heterocycles. The number of hydrogen-bond donors (Lipinski definition) is 3. The maximum absolute atomic E-state index is 12.9. The molecule has 2 unspecified atom stereocenters. The van der Waals surface area contributed by atoms with Crippen LogP contribution in [0.15, 0.2) is 37.2 Å². The van der Waals surface area contributed by atoms with Crippen molar-refractivity contribution in [1.29, 1.82) is 0 Å². The Balaban J connectivity index is 1.55. The number of rotatable bonds is 10. The fraction of sp³-hybridized carbons (Fsp3) is 0.619. The molecule has 0 aromatic heterocycles. The molecule has 1 saturated heterocycles. The van der Waals surface area contributed by atoms with Gasteiger partial charge in [0.2, 0.25) is 11.8 Å². The summed E-state index contributed by atoms with van der Waals surface area (Å²) in [6.07, 6.45) is 7.65. The fourth-order valence-corrected chi connectivity index (χ4v) is 4.05. The molecular weight excluding hydrogens is 340 g/mol. The zero-order chi connectivity index (χ0) is 19.6. The molecule has 3 rings (SSSR count). The molecule has 0 spiro atoms. The Labute approximate surface area is 162 Å². The molecule has 3 aliphatic rings. The molecule has 2 saturated carbocycles. The second kappa shape index (κ2) is 7.79. The minimum Gasteiger partial charge on any atom is -0.390 e. The standard InChI is InChI=1S/C21H32N4O2/c1-5-17-12-21(17,15(3)22-4)24-20(27)18-7-6-10-25(18)19(26)13-23-14(2)11-16-8-9-16/h5,16-18,22-23H,1-3,6-13H2,4H3,(H,24,27)/t17?,18-,21?/m0/s1. The first-order valence-corrected chi connectivity index (χ1v) is 9.94. The minimum atomic E-state index is -0.471. The molecule has 2 aliphatic carbocycles. The fourth-order valence-electron chi connectivity index (χ4n) is 4.05. The normalized spacial score (nSPS) is 29.0. The van der Waals surface area contributed by atoms with Gasteiger partial charge < -0.3 is 20.9 Å². The Hall–Kier alpha value is -2.24. The van der Waals surface area contributed by atoms with Gasteiger partial charge in [0.25, 0.3) is 0 Å². The number of nitrogens with zero attached hydrogens (tertiary/aromatic N) is 1. The van der Waals surface area contributed by atoms with Gasteiger partial charge in [0.1, 0.15) is 6.04 Å². The van der Waals surface area contributed by atoms with Crippen LogP contribution >= 0.6 is 0 Å². The van der Waals surface area contributed by atoms with Crippen LogP contribution in [0.25, 0.3) is 0 Å². The summed E-state index contributed by atoms with van der Waals surface area (Å²) in [4.78, 5) is 27.3. The van der Waals surface area contributed by atoms with E-state index in [2.05, 4.69) is 35.7 Å². The Kier molecular flexibility index (Phi) is 5.63. The number of likely N-dealkylation sites (N-methyl/N-ethyl adjacent to an activating group) is 1. The van der Waals surface area contributed by atoms with E-state index < -0.39 is 11.6 Å². The van der Waals surface area contributed by atoms with Gasteiger partial charge in [-0.05, 0) is 44.4 Å². The van der Waals surface area contributed by atoms with E-state index in [1.54, 1.807) is 11.9 Å². The lowest BCUT2D eigenvalue weighted by atomic mass is 10.1.